The molecule has 2 rings (SSSR count). The molecule has 0 fully saturated rings. The fourth-order valence-corrected chi connectivity index (χ4v) is 2.59. The van der Waals surface area contributed by atoms with Crippen LogP contribution in [0.25, 0.3) is 0 Å². The summed E-state index contributed by atoms with van der Waals surface area (Å²) in [6.07, 6.45) is 1.79. The highest BCUT2D eigenvalue weighted by atomic mass is 16.5. The normalized spacial score (nSPS) is 20.0. The Morgan fingerprint density at radius 1 is 1.38 bits per heavy atom. The van der Waals surface area contributed by atoms with Gasteiger partial charge in [0.1, 0.15) is 18.5 Å². The van der Waals surface area contributed by atoms with Gasteiger partial charge in [-0.15, -0.1) is 0 Å². The Hall–Kier alpha value is -1.10. The molecule has 4 nitrogen and oxygen atoms in total. The summed E-state index contributed by atoms with van der Waals surface area (Å²) < 4.78 is 5.78. The molecule has 1 aliphatic rings. The van der Waals surface area contributed by atoms with E-state index < -0.39 is 6.10 Å². The van der Waals surface area contributed by atoms with Crippen molar-refractivity contribution in [3.8, 4) is 5.75 Å². The molecule has 1 aromatic carbocycles. The van der Waals surface area contributed by atoms with Gasteiger partial charge < -0.3 is 20.3 Å². The van der Waals surface area contributed by atoms with E-state index >= 15 is 0 Å². The number of rotatable bonds is 5. The van der Waals surface area contributed by atoms with Crippen molar-refractivity contribution in [1.82, 2.24) is 5.32 Å². The second kappa shape index (κ2) is 6.77. The molecule has 0 saturated heterocycles. The van der Waals surface area contributed by atoms with Gasteiger partial charge in [-0.05, 0) is 57.2 Å². The number of aliphatic hydroxyl groups is 2. The van der Waals surface area contributed by atoms with E-state index in [0.29, 0.717) is 6.54 Å². The number of benzene rings is 1. The Morgan fingerprint density at radius 3 is 2.86 bits per heavy atom. The number of aliphatic hydroxyl groups excluding tert-OH is 2. The van der Waals surface area contributed by atoms with E-state index in [0.717, 1.165) is 36.1 Å². The highest BCUT2D eigenvalue weighted by molar-refractivity contribution is 5.42. The largest absolute Gasteiger partial charge is 0.491 e. The molecule has 0 radical (unpaired) electrons. The van der Waals surface area contributed by atoms with Crippen molar-refractivity contribution in [2.24, 2.45) is 0 Å². The minimum atomic E-state index is -0.548. The molecule has 3 N–H and O–H groups in total. The molecule has 1 aliphatic carbocycles. The van der Waals surface area contributed by atoms with Crippen LogP contribution in [0.1, 0.15) is 50.8 Å². The molecular weight excluding hydrogens is 266 g/mol. The van der Waals surface area contributed by atoms with E-state index in [1.165, 1.54) is 0 Å². The van der Waals surface area contributed by atoms with Gasteiger partial charge in [-0.2, -0.15) is 0 Å². The quantitative estimate of drug-likeness (QED) is 0.779. The molecule has 0 spiro atoms. The maximum absolute atomic E-state index is 10.0. The number of β-amino-alcohol motifs (C(OH)–C–C–N with tert-alkyl or cyclic N) is 1. The number of nitrogens with one attached hydrogen (secondary N) is 1. The number of hydrogen-bond acceptors (Lipinski definition) is 4. The lowest BCUT2D eigenvalue weighted by Crippen LogP contribution is -2.42. The van der Waals surface area contributed by atoms with Gasteiger partial charge in [0.2, 0.25) is 0 Å². The molecule has 4 heteroatoms. The van der Waals surface area contributed by atoms with Crippen LogP contribution in [0.4, 0.5) is 0 Å². The second-order valence-corrected chi connectivity index (χ2v) is 6.83. The zero-order valence-electron chi connectivity index (χ0n) is 13.2. The van der Waals surface area contributed by atoms with E-state index in [-0.39, 0.29) is 18.2 Å². The Kier molecular flexibility index (Phi) is 5.25. The first-order valence-electron chi connectivity index (χ1n) is 7.72. The lowest BCUT2D eigenvalue weighted by molar-refractivity contribution is 0.0985. The van der Waals surface area contributed by atoms with Crippen LogP contribution >= 0.6 is 0 Å². The Labute approximate surface area is 127 Å². The molecular formula is C17H27NO3. The molecule has 1 aromatic rings. The minimum absolute atomic E-state index is 0.0169. The molecule has 21 heavy (non-hydrogen) atoms. The summed E-state index contributed by atoms with van der Waals surface area (Å²) in [5.41, 5.74) is 2.05. The highest BCUT2D eigenvalue weighted by Gasteiger charge is 2.21. The van der Waals surface area contributed by atoms with Crippen LogP contribution in [0, 0.1) is 0 Å². The Bertz CT molecular complexity index is 468. The van der Waals surface area contributed by atoms with Gasteiger partial charge in [0.15, 0.2) is 0 Å². The molecule has 0 saturated carbocycles. The van der Waals surface area contributed by atoms with Gasteiger partial charge in [-0.1, -0.05) is 12.1 Å². The van der Waals surface area contributed by atoms with Crippen LogP contribution in [-0.4, -0.2) is 35.0 Å². The Balaban J connectivity index is 1.93. The van der Waals surface area contributed by atoms with Crippen molar-refractivity contribution >= 4 is 0 Å². The average molecular weight is 293 g/mol. The zero-order valence-corrected chi connectivity index (χ0v) is 13.2. The summed E-state index contributed by atoms with van der Waals surface area (Å²) >= 11 is 0. The smallest absolute Gasteiger partial charge is 0.122 e. The monoisotopic (exact) mass is 293 g/mol. The van der Waals surface area contributed by atoms with Crippen molar-refractivity contribution in [1.29, 1.82) is 0 Å². The van der Waals surface area contributed by atoms with Crippen LogP contribution in [-0.2, 0) is 6.42 Å². The van der Waals surface area contributed by atoms with Crippen LogP contribution in [0.2, 0.25) is 0 Å². The molecule has 0 heterocycles. The fraction of sp³-hybridized carbons (Fsp3) is 0.647. The number of fused-ring (bicyclic) bond motifs is 1. The van der Waals surface area contributed by atoms with E-state index in [1.807, 2.05) is 18.2 Å². The summed E-state index contributed by atoms with van der Waals surface area (Å²) in [6.45, 7) is 6.96. The summed E-state index contributed by atoms with van der Waals surface area (Å²) in [4.78, 5) is 0. The molecule has 0 aromatic heterocycles. The van der Waals surface area contributed by atoms with Crippen molar-refractivity contribution in [3.05, 3.63) is 29.3 Å². The first-order chi connectivity index (χ1) is 9.87. The van der Waals surface area contributed by atoms with Crippen molar-refractivity contribution in [2.75, 3.05) is 13.2 Å². The van der Waals surface area contributed by atoms with Gasteiger partial charge in [0.05, 0.1) is 6.10 Å². The third kappa shape index (κ3) is 4.70. The van der Waals surface area contributed by atoms with Crippen LogP contribution in [0.5, 0.6) is 5.75 Å². The number of hydrogen-bond donors (Lipinski definition) is 3. The van der Waals surface area contributed by atoms with Gasteiger partial charge in [-0.25, -0.2) is 0 Å². The minimum Gasteiger partial charge on any atom is -0.491 e. The van der Waals surface area contributed by atoms with E-state index in [2.05, 4.69) is 26.1 Å². The van der Waals surface area contributed by atoms with Crippen molar-refractivity contribution in [3.63, 3.8) is 0 Å². The van der Waals surface area contributed by atoms with Crippen LogP contribution < -0.4 is 10.1 Å². The molecule has 0 bridgehead atoms. The van der Waals surface area contributed by atoms with Crippen LogP contribution in [0.3, 0.4) is 0 Å². The van der Waals surface area contributed by atoms with Crippen molar-refractivity contribution < 1.29 is 14.9 Å². The average Bonchev–Trinajstić information content (AvgIpc) is 2.42. The molecule has 118 valence electrons. The van der Waals surface area contributed by atoms with Gasteiger partial charge in [-0.3, -0.25) is 0 Å². The molecule has 0 aliphatic heterocycles. The van der Waals surface area contributed by atoms with Gasteiger partial charge >= 0.3 is 0 Å². The third-order valence-electron chi connectivity index (χ3n) is 3.73. The summed E-state index contributed by atoms with van der Waals surface area (Å²) in [5, 5.41) is 23.3. The Morgan fingerprint density at radius 2 is 2.14 bits per heavy atom. The summed E-state index contributed by atoms with van der Waals surface area (Å²) in [6, 6.07) is 5.78. The zero-order chi connectivity index (χ0) is 15.5. The molecule has 2 unspecified atom stereocenters. The van der Waals surface area contributed by atoms with Gasteiger partial charge in [0, 0.05) is 12.1 Å². The van der Waals surface area contributed by atoms with E-state index in [9.17, 15) is 10.2 Å². The van der Waals surface area contributed by atoms with Crippen molar-refractivity contribution in [2.45, 2.75) is 57.8 Å². The highest BCUT2D eigenvalue weighted by Crippen LogP contribution is 2.35. The third-order valence-corrected chi connectivity index (χ3v) is 3.73. The number of ether oxygens (including phenoxy) is 1. The van der Waals surface area contributed by atoms with Gasteiger partial charge in [0.25, 0.3) is 0 Å². The lowest BCUT2D eigenvalue weighted by Gasteiger charge is -2.25. The topological polar surface area (TPSA) is 61.7 Å². The maximum atomic E-state index is 10.0. The SMILES string of the molecule is CC(C)(C)NCC(O)COc1cccc2c1CCCC2O. The standard InChI is InChI=1S/C17H27NO3/c1-17(2,3)18-10-12(19)11-21-16-9-5-6-13-14(16)7-4-8-15(13)20/h5-6,9,12,15,18-20H,4,7-8,10-11H2,1-3H3. The maximum Gasteiger partial charge on any atom is 0.122 e. The van der Waals surface area contributed by atoms with E-state index in [4.69, 9.17) is 4.74 Å². The fourth-order valence-electron chi connectivity index (χ4n) is 2.59. The second-order valence-electron chi connectivity index (χ2n) is 6.83. The van der Waals surface area contributed by atoms with Crippen LogP contribution in [0.15, 0.2) is 18.2 Å². The molecule has 2 atom stereocenters. The lowest BCUT2D eigenvalue weighted by atomic mass is 9.89. The first-order valence-corrected chi connectivity index (χ1v) is 7.72. The summed E-state index contributed by atoms with van der Waals surface area (Å²) in [5.74, 6) is 0.793. The van der Waals surface area contributed by atoms with E-state index in [1.54, 1.807) is 0 Å². The predicted molar refractivity (Wildman–Crippen MR) is 83.6 cm³/mol. The summed E-state index contributed by atoms with van der Waals surface area (Å²) in [7, 11) is 0. The molecule has 0 amide bonds. The predicted octanol–water partition coefficient (Wildman–Crippen LogP) is 2.18. The first kappa shape index (κ1) is 16.3.